The van der Waals surface area contributed by atoms with Crippen LogP contribution in [-0.4, -0.2) is 17.8 Å². The molecule has 0 fully saturated rings. The molecule has 2 nitrogen and oxygen atoms in total. The lowest BCUT2D eigenvalue weighted by Gasteiger charge is -2.04. The topological polar surface area (TPSA) is 32.3 Å². The van der Waals surface area contributed by atoms with Gasteiger partial charge in [-0.15, -0.1) is 0 Å². The highest BCUT2D eigenvalue weighted by atomic mass is 16.3. The summed E-state index contributed by atoms with van der Waals surface area (Å²) in [5, 5.41) is 11.2. The summed E-state index contributed by atoms with van der Waals surface area (Å²) in [4.78, 5) is 0. The molecular formula is C5H11NO. The van der Waals surface area contributed by atoms with E-state index in [4.69, 9.17) is 5.11 Å². The molecule has 0 aromatic heterocycles. The Labute approximate surface area is 43.9 Å². The first-order valence-electron chi connectivity index (χ1n) is 2.29. The summed E-state index contributed by atoms with van der Waals surface area (Å²) in [6, 6.07) is 0.137. The standard InChI is InChI=1S/C5H11NO/c1-3-6-5(2)4-7/h3,5-7H,1,4H2,2H3. The number of nitrogens with one attached hydrogen (secondary N) is 1. The zero-order valence-corrected chi connectivity index (χ0v) is 4.52. The third-order valence-electron chi connectivity index (χ3n) is 0.676. The van der Waals surface area contributed by atoms with Gasteiger partial charge in [-0.1, -0.05) is 6.58 Å². The molecule has 7 heavy (non-hydrogen) atoms. The van der Waals surface area contributed by atoms with E-state index >= 15 is 0 Å². The average molecular weight is 101 g/mol. The van der Waals surface area contributed by atoms with E-state index in [1.807, 2.05) is 6.92 Å². The van der Waals surface area contributed by atoms with Crippen molar-refractivity contribution in [2.24, 2.45) is 0 Å². The van der Waals surface area contributed by atoms with Crippen LogP contribution in [0.4, 0.5) is 0 Å². The molecule has 0 aliphatic rings. The maximum Gasteiger partial charge on any atom is 0.0629 e. The maximum absolute atomic E-state index is 8.36. The Bertz CT molecular complexity index is 54.0. The van der Waals surface area contributed by atoms with E-state index in [0.29, 0.717) is 0 Å². The maximum atomic E-state index is 8.36. The van der Waals surface area contributed by atoms with Crippen LogP contribution in [0.1, 0.15) is 6.92 Å². The highest BCUT2D eigenvalue weighted by Gasteiger charge is 1.89. The molecule has 0 aliphatic heterocycles. The fraction of sp³-hybridized carbons (Fsp3) is 0.600. The quantitative estimate of drug-likeness (QED) is 0.528. The second-order valence-corrected chi connectivity index (χ2v) is 1.45. The molecule has 2 heteroatoms. The van der Waals surface area contributed by atoms with Crippen LogP contribution in [0, 0.1) is 0 Å². The molecule has 0 heterocycles. The van der Waals surface area contributed by atoms with E-state index in [-0.39, 0.29) is 12.6 Å². The zero-order chi connectivity index (χ0) is 5.70. The fourth-order valence-electron chi connectivity index (χ4n) is 0.254. The van der Waals surface area contributed by atoms with Crippen LogP contribution in [0.15, 0.2) is 12.8 Å². The molecule has 0 radical (unpaired) electrons. The van der Waals surface area contributed by atoms with E-state index in [1.54, 1.807) is 6.20 Å². The van der Waals surface area contributed by atoms with Crippen molar-refractivity contribution in [1.82, 2.24) is 5.32 Å². The number of aliphatic hydroxyl groups excluding tert-OH is 1. The zero-order valence-electron chi connectivity index (χ0n) is 4.52. The summed E-state index contributed by atoms with van der Waals surface area (Å²) in [7, 11) is 0. The van der Waals surface area contributed by atoms with E-state index in [0.717, 1.165) is 0 Å². The van der Waals surface area contributed by atoms with Crippen molar-refractivity contribution in [3.63, 3.8) is 0 Å². The van der Waals surface area contributed by atoms with Crippen LogP contribution >= 0.6 is 0 Å². The molecule has 0 saturated carbocycles. The SMILES string of the molecule is C=CNC(C)CO. The van der Waals surface area contributed by atoms with Crippen LogP contribution in [0.2, 0.25) is 0 Å². The van der Waals surface area contributed by atoms with Crippen LogP contribution in [0.3, 0.4) is 0 Å². The minimum absolute atomic E-state index is 0.137. The van der Waals surface area contributed by atoms with Gasteiger partial charge in [0.1, 0.15) is 0 Å². The predicted octanol–water partition coefficient (Wildman–Crippen LogP) is 0.100. The van der Waals surface area contributed by atoms with E-state index in [1.165, 1.54) is 0 Å². The molecule has 0 saturated heterocycles. The third-order valence-corrected chi connectivity index (χ3v) is 0.676. The van der Waals surface area contributed by atoms with Gasteiger partial charge in [0.25, 0.3) is 0 Å². The van der Waals surface area contributed by atoms with Crippen molar-refractivity contribution >= 4 is 0 Å². The molecule has 0 rings (SSSR count). The molecule has 42 valence electrons. The Morgan fingerprint density at radius 3 is 2.71 bits per heavy atom. The molecule has 2 N–H and O–H groups in total. The summed E-state index contributed by atoms with van der Waals surface area (Å²) >= 11 is 0. The average Bonchev–Trinajstić information content (AvgIpc) is 1.68. The van der Waals surface area contributed by atoms with Gasteiger partial charge in [-0.25, -0.2) is 0 Å². The third kappa shape index (κ3) is 3.33. The highest BCUT2D eigenvalue weighted by molar-refractivity contribution is 4.68. The lowest BCUT2D eigenvalue weighted by atomic mass is 10.4. The molecule has 0 aliphatic carbocycles. The summed E-state index contributed by atoms with van der Waals surface area (Å²) in [5.41, 5.74) is 0. The summed E-state index contributed by atoms with van der Waals surface area (Å²) < 4.78 is 0. The number of aliphatic hydroxyl groups is 1. The van der Waals surface area contributed by atoms with Crippen molar-refractivity contribution in [3.8, 4) is 0 Å². The fourth-order valence-corrected chi connectivity index (χ4v) is 0.254. The van der Waals surface area contributed by atoms with Crippen molar-refractivity contribution in [1.29, 1.82) is 0 Å². The second kappa shape index (κ2) is 3.68. The first-order valence-corrected chi connectivity index (χ1v) is 2.29. The number of hydrogen-bond acceptors (Lipinski definition) is 2. The van der Waals surface area contributed by atoms with Gasteiger partial charge in [0.15, 0.2) is 0 Å². The Hall–Kier alpha value is -0.500. The monoisotopic (exact) mass is 101 g/mol. The Kier molecular flexibility index (Phi) is 3.42. The van der Waals surface area contributed by atoms with Crippen molar-refractivity contribution < 1.29 is 5.11 Å². The smallest absolute Gasteiger partial charge is 0.0629 e. The van der Waals surface area contributed by atoms with E-state index in [2.05, 4.69) is 11.9 Å². The number of hydrogen-bond donors (Lipinski definition) is 2. The molecule has 1 unspecified atom stereocenters. The largest absolute Gasteiger partial charge is 0.394 e. The van der Waals surface area contributed by atoms with Gasteiger partial charge < -0.3 is 10.4 Å². The normalized spacial score (nSPS) is 12.9. The number of rotatable bonds is 3. The van der Waals surface area contributed by atoms with Crippen molar-refractivity contribution in [2.75, 3.05) is 6.61 Å². The summed E-state index contributed by atoms with van der Waals surface area (Å²) in [6.07, 6.45) is 1.57. The molecule has 0 aromatic carbocycles. The van der Waals surface area contributed by atoms with Crippen LogP contribution in [-0.2, 0) is 0 Å². The van der Waals surface area contributed by atoms with Crippen molar-refractivity contribution in [3.05, 3.63) is 12.8 Å². The molecule has 0 bridgehead atoms. The Morgan fingerprint density at radius 2 is 2.57 bits per heavy atom. The van der Waals surface area contributed by atoms with Gasteiger partial charge in [-0.3, -0.25) is 0 Å². The van der Waals surface area contributed by atoms with Crippen molar-refractivity contribution in [2.45, 2.75) is 13.0 Å². The molecule has 1 atom stereocenters. The molecule has 0 amide bonds. The molecular weight excluding hydrogens is 90.1 g/mol. The van der Waals surface area contributed by atoms with E-state index in [9.17, 15) is 0 Å². The van der Waals surface area contributed by atoms with Gasteiger partial charge in [-0.05, 0) is 13.1 Å². The second-order valence-electron chi connectivity index (χ2n) is 1.45. The summed E-state index contributed by atoms with van der Waals surface area (Å²) in [5.74, 6) is 0. The van der Waals surface area contributed by atoms with Crippen LogP contribution in [0.25, 0.3) is 0 Å². The minimum atomic E-state index is 0.137. The first-order chi connectivity index (χ1) is 3.31. The van der Waals surface area contributed by atoms with Gasteiger partial charge in [0.2, 0.25) is 0 Å². The Morgan fingerprint density at radius 1 is 2.00 bits per heavy atom. The first kappa shape index (κ1) is 6.50. The summed E-state index contributed by atoms with van der Waals surface area (Å²) in [6.45, 7) is 5.46. The lowest BCUT2D eigenvalue weighted by Crippen LogP contribution is -2.23. The molecule has 0 aromatic rings. The van der Waals surface area contributed by atoms with Gasteiger partial charge in [0, 0.05) is 6.04 Å². The van der Waals surface area contributed by atoms with Crippen LogP contribution in [0.5, 0.6) is 0 Å². The molecule has 0 spiro atoms. The van der Waals surface area contributed by atoms with Crippen LogP contribution < -0.4 is 5.32 Å². The minimum Gasteiger partial charge on any atom is -0.394 e. The lowest BCUT2D eigenvalue weighted by molar-refractivity contribution is 0.261. The predicted molar refractivity (Wildman–Crippen MR) is 29.9 cm³/mol. The van der Waals surface area contributed by atoms with Gasteiger partial charge >= 0.3 is 0 Å². The highest BCUT2D eigenvalue weighted by Crippen LogP contribution is 1.73. The van der Waals surface area contributed by atoms with Gasteiger partial charge in [0.05, 0.1) is 6.61 Å². The van der Waals surface area contributed by atoms with Gasteiger partial charge in [-0.2, -0.15) is 0 Å². The van der Waals surface area contributed by atoms with E-state index < -0.39 is 0 Å². The Balaban J connectivity index is 2.98.